The highest BCUT2D eigenvalue weighted by molar-refractivity contribution is 6.01. The number of benzene rings is 1. The van der Waals surface area contributed by atoms with Crippen molar-refractivity contribution in [2.24, 2.45) is 0 Å². The fraction of sp³-hybridized carbons (Fsp3) is 0.400. The van der Waals surface area contributed by atoms with E-state index in [2.05, 4.69) is 16.0 Å². The number of piperazine rings is 1. The molecule has 0 aromatic heterocycles. The zero-order valence-corrected chi connectivity index (χ0v) is 12.1. The second-order valence-corrected chi connectivity index (χ2v) is 5.44. The minimum atomic E-state index is -0.481. The van der Waals surface area contributed by atoms with E-state index in [4.69, 9.17) is 0 Å². The second kappa shape index (κ2) is 6.05. The lowest BCUT2D eigenvalue weighted by Crippen LogP contribution is -2.48. The van der Waals surface area contributed by atoms with Crippen molar-refractivity contribution >= 4 is 29.1 Å². The van der Waals surface area contributed by atoms with Crippen LogP contribution in [0.15, 0.2) is 24.3 Å². The topological polar surface area (TPSA) is 90.5 Å². The molecule has 7 nitrogen and oxygen atoms in total. The van der Waals surface area contributed by atoms with Crippen molar-refractivity contribution in [1.29, 1.82) is 0 Å². The van der Waals surface area contributed by atoms with Crippen molar-refractivity contribution in [1.82, 2.24) is 10.6 Å². The van der Waals surface area contributed by atoms with E-state index in [0.717, 1.165) is 5.69 Å². The van der Waals surface area contributed by atoms with Gasteiger partial charge >= 0.3 is 0 Å². The second-order valence-electron chi connectivity index (χ2n) is 5.44. The lowest BCUT2D eigenvalue weighted by atomic mass is 10.2. The molecular formula is C15H18N4O3. The number of carbonyl (C=O) groups excluding carboxylic acids is 3. The van der Waals surface area contributed by atoms with Gasteiger partial charge in [0.25, 0.3) is 0 Å². The van der Waals surface area contributed by atoms with Gasteiger partial charge in [-0.2, -0.15) is 0 Å². The van der Waals surface area contributed by atoms with Gasteiger partial charge in [-0.3, -0.25) is 14.4 Å². The highest BCUT2D eigenvalue weighted by atomic mass is 16.2. The van der Waals surface area contributed by atoms with Gasteiger partial charge in [-0.25, -0.2) is 0 Å². The number of nitrogens with zero attached hydrogens (tertiary/aromatic N) is 1. The number of para-hydroxylation sites is 2. The van der Waals surface area contributed by atoms with E-state index in [1.54, 1.807) is 6.07 Å². The van der Waals surface area contributed by atoms with Crippen molar-refractivity contribution in [2.75, 3.05) is 29.9 Å². The number of nitrogens with one attached hydrogen (secondary N) is 3. The first-order chi connectivity index (χ1) is 10.6. The molecule has 0 bridgehead atoms. The number of hydrogen-bond acceptors (Lipinski definition) is 4. The summed E-state index contributed by atoms with van der Waals surface area (Å²) in [6, 6.07) is 6.90. The molecule has 3 rings (SSSR count). The summed E-state index contributed by atoms with van der Waals surface area (Å²) in [6.45, 7) is 1.55. The van der Waals surface area contributed by atoms with E-state index in [-0.39, 0.29) is 24.3 Å². The van der Waals surface area contributed by atoms with Gasteiger partial charge in [-0.15, -0.1) is 0 Å². The summed E-state index contributed by atoms with van der Waals surface area (Å²) >= 11 is 0. The van der Waals surface area contributed by atoms with Crippen LogP contribution in [0.3, 0.4) is 0 Å². The van der Waals surface area contributed by atoms with Gasteiger partial charge in [0, 0.05) is 19.5 Å². The number of carbonyl (C=O) groups is 3. The third kappa shape index (κ3) is 3.03. The zero-order chi connectivity index (χ0) is 15.5. The molecule has 3 amide bonds. The Bertz CT molecular complexity index is 617. The predicted octanol–water partition coefficient (Wildman–Crippen LogP) is -0.160. The maximum atomic E-state index is 12.2. The quantitative estimate of drug-likeness (QED) is 0.723. The first-order valence-corrected chi connectivity index (χ1v) is 7.34. The van der Waals surface area contributed by atoms with Gasteiger partial charge in [0.2, 0.25) is 17.7 Å². The number of rotatable bonds is 3. The predicted molar refractivity (Wildman–Crippen MR) is 81.5 cm³/mol. The lowest BCUT2D eigenvalue weighted by molar-refractivity contribution is -0.122. The minimum absolute atomic E-state index is 0.0320. The third-order valence-electron chi connectivity index (χ3n) is 3.85. The van der Waals surface area contributed by atoms with Crippen molar-refractivity contribution in [3.05, 3.63) is 24.3 Å². The Kier molecular flexibility index (Phi) is 3.95. The van der Waals surface area contributed by atoms with Crippen LogP contribution in [-0.4, -0.2) is 43.4 Å². The van der Waals surface area contributed by atoms with Crippen molar-refractivity contribution in [3.8, 4) is 0 Å². The Hall–Kier alpha value is -2.57. The minimum Gasteiger partial charge on any atom is -0.359 e. The van der Waals surface area contributed by atoms with Gasteiger partial charge in [0.1, 0.15) is 6.04 Å². The zero-order valence-electron chi connectivity index (χ0n) is 12.1. The van der Waals surface area contributed by atoms with Crippen LogP contribution in [0.25, 0.3) is 0 Å². The Labute approximate surface area is 128 Å². The first-order valence-electron chi connectivity index (χ1n) is 7.34. The molecule has 1 unspecified atom stereocenters. The van der Waals surface area contributed by atoms with E-state index < -0.39 is 6.04 Å². The third-order valence-corrected chi connectivity index (χ3v) is 3.85. The van der Waals surface area contributed by atoms with Gasteiger partial charge in [-0.1, -0.05) is 12.1 Å². The summed E-state index contributed by atoms with van der Waals surface area (Å²) in [6.07, 6.45) is 0.894. The largest absolute Gasteiger partial charge is 0.359 e. The van der Waals surface area contributed by atoms with Crippen LogP contribution in [0, 0.1) is 0 Å². The van der Waals surface area contributed by atoms with Crippen molar-refractivity contribution in [3.63, 3.8) is 0 Å². The number of hydrogen-bond donors (Lipinski definition) is 3. The molecule has 0 saturated carbocycles. The van der Waals surface area contributed by atoms with E-state index in [1.165, 1.54) is 0 Å². The molecule has 0 spiro atoms. The molecule has 0 radical (unpaired) electrons. The molecule has 1 aromatic carbocycles. The van der Waals surface area contributed by atoms with Crippen LogP contribution < -0.4 is 20.9 Å². The Morgan fingerprint density at radius 1 is 1.23 bits per heavy atom. The molecule has 2 aliphatic rings. The van der Waals surface area contributed by atoms with Gasteiger partial charge in [-0.05, 0) is 18.6 Å². The molecule has 0 aliphatic carbocycles. The summed E-state index contributed by atoms with van der Waals surface area (Å²) in [5.74, 6) is -0.351. The van der Waals surface area contributed by atoms with Crippen molar-refractivity contribution < 1.29 is 14.4 Å². The van der Waals surface area contributed by atoms with E-state index in [0.29, 0.717) is 31.6 Å². The molecule has 22 heavy (non-hydrogen) atoms. The molecule has 1 aromatic rings. The van der Waals surface area contributed by atoms with Gasteiger partial charge in [0.05, 0.1) is 17.9 Å². The maximum Gasteiger partial charge on any atom is 0.247 e. The van der Waals surface area contributed by atoms with Crippen LogP contribution >= 0.6 is 0 Å². The number of anilines is 2. The average Bonchev–Trinajstić information content (AvgIpc) is 2.94. The Balaban J connectivity index is 1.75. The standard InChI is InChI=1S/C15H18N4O3/c20-13-6-5-11(17-13)15(22)18-10-3-1-2-4-12(10)19-8-7-16-14(21)9-19/h1-4,11H,5-9H2,(H,16,21)(H,17,20)(H,18,22). The summed E-state index contributed by atoms with van der Waals surface area (Å²) in [5.41, 5.74) is 1.47. The highest BCUT2D eigenvalue weighted by Gasteiger charge is 2.28. The van der Waals surface area contributed by atoms with Crippen LogP contribution in [-0.2, 0) is 14.4 Å². The number of amides is 3. The monoisotopic (exact) mass is 302 g/mol. The molecule has 2 fully saturated rings. The molecule has 116 valence electrons. The average molecular weight is 302 g/mol. The van der Waals surface area contributed by atoms with Crippen molar-refractivity contribution in [2.45, 2.75) is 18.9 Å². The summed E-state index contributed by atoms with van der Waals surface area (Å²) < 4.78 is 0. The van der Waals surface area contributed by atoms with Crippen LogP contribution in [0.2, 0.25) is 0 Å². The highest BCUT2D eigenvalue weighted by Crippen LogP contribution is 2.26. The van der Waals surface area contributed by atoms with Gasteiger partial charge in [0.15, 0.2) is 0 Å². The first kappa shape index (κ1) is 14.4. The molecule has 2 aliphatic heterocycles. The maximum absolute atomic E-state index is 12.2. The van der Waals surface area contributed by atoms with Crippen LogP contribution in [0.4, 0.5) is 11.4 Å². The summed E-state index contributed by atoms with van der Waals surface area (Å²) in [5, 5.41) is 8.29. The fourth-order valence-corrected chi connectivity index (χ4v) is 2.73. The van der Waals surface area contributed by atoms with E-state index >= 15 is 0 Å². The van der Waals surface area contributed by atoms with Gasteiger partial charge < -0.3 is 20.9 Å². The SMILES string of the molecule is O=C1CN(c2ccccc2NC(=O)C2CCC(=O)N2)CCN1. The van der Waals surface area contributed by atoms with Crippen LogP contribution in [0.1, 0.15) is 12.8 Å². The Morgan fingerprint density at radius 3 is 2.77 bits per heavy atom. The summed E-state index contributed by atoms with van der Waals surface area (Å²) in [7, 11) is 0. The normalized spacial score (nSPS) is 21.3. The fourth-order valence-electron chi connectivity index (χ4n) is 2.73. The molecule has 1 atom stereocenters. The smallest absolute Gasteiger partial charge is 0.247 e. The molecule has 3 N–H and O–H groups in total. The molecule has 2 saturated heterocycles. The lowest BCUT2D eigenvalue weighted by Gasteiger charge is -2.30. The van der Waals surface area contributed by atoms with E-state index in [9.17, 15) is 14.4 Å². The van der Waals surface area contributed by atoms with Crippen LogP contribution in [0.5, 0.6) is 0 Å². The Morgan fingerprint density at radius 2 is 2.05 bits per heavy atom. The molecular weight excluding hydrogens is 284 g/mol. The van der Waals surface area contributed by atoms with E-state index in [1.807, 2.05) is 23.1 Å². The molecule has 2 heterocycles. The molecule has 7 heteroatoms. The summed E-state index contributed by atoms with van der Waals surface area (Å²) in [4.78, 5) is 36.9.